The number of hydrogen-bond donors (Lipinski definition) is 1. The molecular weight excluding hydrogens is 255 g/mol. The molecule has 20 heavy (non-hydrogen) atoms. The largest absolute Gasteiger partial charge is 0.356 e. The smallest absolute Gasteiger partial charge is 0.146 e. The predicted octanol–water partition coefficient (Wildman–Crippen LogP) is 3.27. The van der Waals surface area contributed by atoms with Gasteiger partial charge in [-0.05, 0) is 31.9 Å². The van der Waals surface area contributed by atoms with Gasteiger partial charge in [0.1, 0.15) is 23.3 Å². The Bertz CT molecular complexity index is 609. The number of hydrogen-bond acceptors (Lipinski definition) is 4. The Balaban J connectivity index is 1.88. The number of nitrogens with zero attached hydrogens (tertiary/aromatic N) is 3. The van der Waals surface area contributed by atoms with Crippen molar-refractivity contribution in [3.8, 4) is 0 Å². The molecule has 1 aromatic heterocycles. The third-order valence-corrected chi connectivity index (χ3v) is 3.39. The van der Waals surface area contributed by atoms with Crippen LogP contribution in [0.3, 0.4) is 0 Å². The first-order valence-electron chi connectivity index (χ1n) is 6.84. The molecule has 1 N–H and O–H groups in total. The topological polar surface area (TPSA) is 41.1 Å². The van der Waals surface area contributed by atoms with E-state index in [4.69, 9.17) is 0 Å². The van der Waals surface area contributed by atoms with Gasteiger partial charge in [-0.3, -0.25) is 0 Å². The van der Waals surface area contributed by atoms with E-state index in [1.54, 1.807) is 18.2 Å². The molecule has 5 heteroatoms. The molecular formula is C15H17FN4. The van der Waals surface area contributed by atoms with Crippen LogP contribution in [0.4, 0.5) is 21.7 Å². The van der Waals surface area contributed by atoms with Crippen LogP contribution in [0.1, 0.15) is 18.7 Å². The molecule has 1 fully saturated rings. The van der Waals surface area contributed by atoms with Crippen LogP contribution < -0.4 is 10.2 Å². The molecule has 4 nitrogen and oxygen atoms in total. The van der Waals surface area contributed by atoms with Crippen LogP contribution in [-0.2, 0) is 0 Å². The van der Waals surface area contributed by atoms with E-state index in [0.29, 0.717) is 17.3 Å². The van der Waals surface area contributed by atoms with Crippen LogP contribution in [0.15, 0.2) is 30.3 Å². The van der Waals surface area contributed by atoms with Crippen molar-refractivity contribution in [2.75, 3.05) is 23.3 Å². The standard InChI is InChI=1S/C15H17FN4/c1-11-17-14(19-13-7-3-2-6-12(13)16)10-15(18-11)20-8-4-5-9-20/h2-3,6-7,10H,4-5,8-9H2,1H3,(H,17,18,19). The molecule has 1 aromatic carbocycles. The summed E-state index contributed by atoms with van der Waals surface area (Å²) in [6.07, 6.45) is 2.39. The number of anilines is 3. The molecule has 0 bridgehead atoms. The lowest BCUT2D eigenvalue weighted by Gasteiger charge is -2.17. The first-order valence-corrected chi connectivity index (χ1v) is 6.84. The molecule has 1 saturated heterocycles. The maximum atomic E-state index is 13.7. The Morgan fingerprint density at radius 2 is 1.90 bits per heavy atom. The summed E-state index contributed by atoms with van der Waals surface area (Å²) in [7, 11) is 0. The summed E-state index contributed by atoms with van der Waals surface area (Å²) < 4.78 is 13.7. The number of aryl methyl sites for hydroxylation is 1. The molecule has 0 amide bonds. The fourth-order valence-corrected chi connectivity index (χ4v) is 2.42. The number of nitrogens with one attached hydrogen (secondary N) is 1. The lowest BCUT2D eigenvalue weighted by Crippen LogP contribution is -2.19. The van der Waals surface area contributed by atoms with Crippen molar-refractivity contribution in [3.05, 3.63) is 42.0 Å². The van der Waals surface area contributed by atoms with E-state index < -0.39 is 0 Å². The zero-order valence-electron chi connectivity index (χ0n) is 11.4. The van der Waals surface area contributed by atoms with Crippen molar-refractivity contribution in [1.82, 2.24) is 9.97 Å². The first kappa shape index (κ1) is 12.8. The molecule has 3 rings (SSSR count). The van der Waals surface area contributed by atoms with Crippen molar-refractivity contribution < 1.29 is 4.39 Å². The highest BCUT2D eigenvalue weighted by Crippen LogP contribution is 2.23. The first-order chi connectivity index (χ1) is 9.72. The van der Waals surface area contributed by atoms with Gasteiger partial charge >= 0.3 is 0 Å². The quantitative estimate of drug-likeness (QED) is 0.931. The third-order valence-electron chi connectivity index (χ3n) is 3.39. The van der Waals surface area contributed by atoms with Crippen LogP contribution in [0.5, 0.6) is 0 Å². The van der Waals surface area contributed by atoms with Gasteiger partial charge in [-0.1, -0.05) is 12.1 Å². The van der Waals surface area contributed by atoms with Gasteiger partial charge in [0.05, 0.1) is 5.69 Å². The highest BCUT2D eigenvalue weighted by molar-refractivity contribution is 5.60. The second-order valence-electron chi connectivity index (χ2n) is 4.96. The summed E-state index contributed by atoms with van der Waals surface area (Å²) in [4.78, 5) is 11.0. The summed E-state index contributed by atoms with van der Waals surface area (Å²) in [5, 5.41) is 3.02. The van der Waals surface area contributed by atoms with E-state index >= 15 is 0 Å². The van der Waals surface area contributed by atoms with Crippen LogP contribution in [0.25, 0.3) is 0 Å². The van der Waals surface area contributed by atoms with Crippen LogP contribution in [0, 0.1) is 12.7 Å². The lowest BCUT2D eigenvalue weighted by molar-refractivity contribution is 0.632. The van der Waals surface area contributed by atoms with Gasteiger partial charge in [0.25, 0.3) is 0 Å². The second kappa shape index (κ2) is 5.45. The minimum absolute atomic E-state index is 0.286. The van der Waals surface area contributed by atoms with Gasteiger partial charge < -0.3 is 10.2 Å². The second-order valence-corrected chi connectivity index (χ2v) is 4.96. The molecule has 1 aliphatic rings. The van der Waals surface area contributed by atoms with Gasteiger partial charge in [-0.25, -0.2) is 14.4 Å². The molecule has 0 radical (unpaired) electrons. The summed E-state index contributed by atoms with van der Waals surface area (Å²) in [5.74, 6) is 1.94. The van der Waals surface area contributed by atoms with Crippen molar-refractivity contribution >= 4 is 17.3 Å². The highest BCUT2D eigenvalue weighted by Gasteiger charge is 2.15. The third kappa shape index (κ3) is 2.71. The van der Waals surface area contributed by atoms with Crippen LogP contribution >= 0.6 is 0 Å². The van der Waals surface area contributed by atoms with Crippen molar-refractivity contribution in [2.45, 2.75) is 19.8 Å². The number of benzene rings is 1. The minimum Gasteiger partial charge on any atom is -0.356 e. The van der Waals surface area contributed by atoms with E-state index in [9.17, 15) is 4.39 Å². The molecule has 2 aromatic rings. The summed E-state index contributed by atoms with van der Waals surface area (Å²) >= 11 is 0. The van der Waals surface area contributed by atoms with E-state index in [1.807, 2.05) is 13.0 Å². The SMILES string of the molecule is Cc1nc(Nc2ccccc2F)cc(N2CCCC2)n1. The molecule has 104 valence electrons. The summed E-state index contributed by atoms with van der Waals surface area (Å²) in [5.41, 5.74) is 0.429. The van der Waals surface area contributed by atoms with E-state index in [0.717, 1.165) is 18.9 Å². The Labute approximate surface area is 117 Å². The fourth-order valence-electron chi connectivity index (χ4n) is 2.42. The van der Waals surface area contributed by atoms with Gasteiger partial charge in [0.15, 0.2) is 0 Å². The molecule has 0 atom stereocenters. The maximum Gasteiger partial charge on any atom is 0.146 e. The van der Waals surface area contributed by atoms with E-state index in [1.165, 1.54) is 18.9 Å². The van der Waals surface area contributed by atoms with Crippen molar-refractivity contribution in [1.29, 1.82) is 0 Å². The molecule has 0 aliphatic carbocycles. The predicted molar refractivity (Wildman–Crippen MR) is 77.9 cm³/mol. The molecule has 0 saturated carbocycles. The van der Waals surface area contributed by atoms with Crippen molar-refractivity contribution in [2.24, 2.45) is 0 Å². The average Bonchev–Trinajstić information content (AvgIpc) is 2.95. The van der Waals surface area contributed by atoms with E-state index in [-0.39, 0.29) is 5.82 Å². The molecule has 0 spiro atoms. The lowest BCUT2D eigenvalue weighted by atomic mass is 10.3. The monoisotopic (exact) mass is 272 g/mol. The Kier molecular flexibility index (Phi) is 3.50. The van der Waals surface area contributed by atoms with E-state index in [2.05, 4.69) is 20.2 Å². The Hall–Kier alpha value is -2.17. The average molecular weight is 272 g/mol. The molecule has 1 aliphatic heterocycles. The number of aromatic nitrogens is 2. The zero-order chi connectivity index (χ0) is 13.9. The Morgan fingerprint density at radius 3 is 2.65 bits per heavy atom. The number of rotatable bonds is 3. The highest BCUT2D eigenvalue weighted by atomic mass is 19.1. The summed E-state index contributed by atoms with van der Waals surface area (Å²) in [6.45, 7) is 3.90. The zero-order valence-corrected chi connectivity index (χ0v) is 11.4. The minimum atomic E-state index is -0.286. The summed E-state index contributed by atoms with van der Waals surface area (Å²) in [6, 6.07) is 8.47. The van der Waals surface area contributed by atoms with Gasteiger partial charge in [-0.15, -0.1) is 0 Å². The van der Waals surface area contributed by atoms with Gasteiger partial charge in [0, 0.05) is 19.2 Å². The molecule has 2 heterocycles. The molecule has 0 unspecified atom stereocenters. The van der Waals surface area contributed by atoms with Crippen molar-refractivity contribution in [3.63, 3.8) is 0 Å². The number of halogens is 1. The van der Waals surface area contributed by atoms with Gasteiger partial charge in [0.2, 0.25) is 0 Å². The normalized spacial score (nSPS) is 14.6. The van der Waals surface area contributed by atoms with Crippen LogP contribution in [0.2, 0.25) is 0 Å². The van der Waals surface area contributed by atoms with Gasteiger partial charge in [-0.2, -0.15) is 0 Å². The van der Waals surface area contributed by atoms with Crippen LogP contribution in [-0.4, -0.2) is 23.1 Å². The fraction of sp³-hybridized carbons (Fsp3) is 0.333. The number of para-hydroxylation sites is 1. The maximum absolute atomic E-state index is 13.7. The Morgan fingerprint density at radius 1 is 1.15 bits per heavy atom.